The average Bonchev–Trinajstić information content (AvgIpc) is 3.00. The van der Waals surface area contributed by atoms with E-state index in [0.29, 0.717) is 19.6 Å². The Morgan fingerprint density at radius 3 is 2.46 bits per heavy atom. The number of benzene rings is 1. The third-order valence-corrected chi connectivity index (χ3v) is 4.34. The van der Waals surface area contributed by atoms with Crippen LogP contribution in [0.1, 0.15) is 30.6 Å². The Kier molecular flexibility index (Phi) is 5.88. The second kappa shape index (κ2) is 7.70. The van der Waals surface area contributed by atoms with Crippen LogP contribution in [0.25, 0.3) is 0 Å². The standard InChI is InChI=1S/C17H23F2N3O2/c1-10(2)15(17(24)22-7-6-11(8-20)9-22)21-16(23)14-12(18)4-3-5-13(14)19/h3-5,10-11,15H,6-9,20H2,1-2H3,(H,21,23). The molecule has 2 unspecified atom stereocenters. The molecule has 1 saturated heterocycles. The summed E-state index contributed by atoms with van der Waals surface area (Å²) < 4.78 is 27.5. The monoisotopic (exact) mass is 339 g/mol. The Balaban J connectivity index is 2.14. The molecule has 7 heteroatoms. The lowest BCUT2D eigenvalue weighted by Gasteiger charge is -2.27. The molecule has 3 N–H and O–H groups in total. The fraction of sp³-hybridized carbons (Fsp3) is 0.529. The van der Waals surface area contributed by atoms with E-state index in [2.05, 4.69) is 5.32 Å². The van der Waals surface area contributed by atoms with Crippen LogP contribution in [0.4, 0.5) is 8.78 Å². The van der Waals surface area contributed by atoms with Crippen LogP contribution in [0.2, 0.25) is 0 Å². The molecule has 1 aliphatic rings. The number of amides is 2. The van der Waals surface area contributed by atoms with Gasteiger partial charge in [0.05, 0.1) is 0 Å². The van der Waals surface area contributed by atoms with Gasteiger partial charge in [0.2, 0.25) is 5.91 Å². The third kappa shape index (κ3) is 3.90. The zero-order chi connectivity index (χ0) is 17.9. The molecule has 1 heterocycles. The van der Waals surface area contributed by atoms with E-state index in [0.717, 1.165) is 18.6 Å². The number of likely N-dealkylation sites (tertiary alicyclic amines) is 1. The molecule has 0 saturated carbocycles. The van der Waals surface area contributed by atoms with Crippen molar-refractivity contribution in [1.82, 2.24) is 10.2 Å². The molecular weight excluding hydrogens is 316 g/mol. The first-order chi connectivity index (χ1) is 11.3. The van der Waals surface area contributed by atoms with E-state index in [-0.39, 0.29) is 17.7 Å². The second-order valence-corrected chi connectivity index (χ2v) is 6.47. The summed E-state index contributed by atoms with van der Waals surface area (Å²) >= 11 is 0. The maximum atomic E-state index is 13.7. The number of nitrogens with zero attached hydrogens (tertiary/aromatic N) is 1. The first kappa shape index (κ1) is 18.3. The van der Waals surface area contributed by atoms with E-state index in [1.54, 1.807) is 18.7 Å². The van der Waals surface area contributed by atoms with E-state index in [1.807, 2.05) is 0 Å². The van der Waals surface area contributed by atoms with Crippen molar-refractivity contribution in [3.05, 3.63) is 35.4 Å². The molecule has 2 amide bonds. The lowest BCUT2D eigenvalue weighted by atomic mass is 10.0. The summed E-state index contributed by atoms with van der Waals surface area (Å²) in [6, 6.07) is 2.37. The SMILES string of the molecule is CC(C)C(NC(=O)c1c(F)cccc1F)C(=O)N1CCC(CN)C1. The summed E-state index contributed by atoms with van der Waals surface area (Å²) in [5, 5.41) is 2.48. The number of carbonyl (C=O) groups is 2. The number of hydrogen-bond donors (Lipinski definition) is 2. The molecule has 1 aromatic rings. The van der Waals surface area contributed by atoms with Gasteiger partial charge in [-0.25, -0.2) is 8.78 Å². The Bertz CT molecular complexity index is 602. The molecule has 2 rings (SSSR count). The van der Waals surface area contributed by atoms with Crippen LogP contribution >= 0.6 is 0 Å². The number of rotatable bonds is 5. The summed E-state index contributed by atoms with van der Waals surface area (Å²) in [7, 11) is 0. The van der Waals surface area contributed by atoms with Crippen molar-refractivity contribution in [2.45, 2.75) is 26.3 Å². The van der Waals surface area contributed by atoms with E-state index < -0.39 is 29.1 Å². The maximum absolute atomic E-state index is 13.7. The fourth-order valence-corrected chi connectivity index (χ4v) is 2.86. The van der Waals surface area contributed by atoms with Crippen molar-refractivity contribution in [2.75, 3.05) is 19.6 Å². The summed E-state index contributed by atoms with van der Waals surface area (Å²) in [6.45, 7) is 5.17. The van der Waals surface area contributed by atoms with Gasteiger partial charge in [-0.05, 0) is 36.9 Å². The number of nitrogens with two attached hydrogens (primary N) is 1. The van der Waals surface area contributed by atoms with Crippen molar-refractivity contribution < 1.29 is 18.4 Å². The fourth-order valence-electron chi connectivity index (χ4n) is 2.86. The van der Waals surface area contributed by atoms with Gasteiger partial charge in [-0.3, -0.25) is 9.59 Å². The van der Waals surface area contributed by atoms with Gasteiger partial charge in [0.1, 0.15) is 23.2 Å². The molecular formula is C17H23F2N3O2. The Morgan fingerprint density at radius 1 is 1.33 bits per heavy atom. The van der Waals surface area contributed by atoms with Gasteiger partial charge in [-0.2, -0.15) is 0 Å². The zero-order valence-corrected chi connectivity index (χ0v) is 13.9. The smallest absolute Gasteiger partial charge is 0.257 e. The van der Waals surface area contributed by atoms with Crippen LogP contribution in [-0.2, 0) is 4.79 Å². The first-order valence-electron chi connectivity index (χ1n) is 8.08. The number of hydrogen-bond acceptors (Lipinski definition) is 3. The predicted molar refractivity (Wildman–Crippen MR) is 86.2 cm³/mol. The van der Waals surface area contributed by atoms with Crippen molar-refractivity contribution in [3.8, 4) is 0 Å². The molecule has 5 nitrogen and oxygen atoms in total. The summed E-state index contributed by atoms with van der Waals surface area (Å²) in [4.78, 5) is 26.6. The Morgan fingerprint density at radius 2 is 1.96 bits per heavy atom. The second-order valence-electron chi connectivity index (χ2n) is 6.47. The number of halogens is 2. The van der Waals surface area contributed by atoms with Gasteiger partial charge in [0.15, 0.2) is 0 Å². The normalized spacial score (nSPS) is 18.8. The van der Waals surface area contributed by atoms with Crippen LogP contribution < -0.4 is 11.1 Å². The van der Waals surface area contributed by atoms with Gasteiger partial charge >= 0.3 is 0 Å². The highest BCUT2D eigenvalue weighted by atomic mass is 19.1. The highest BCUT2D eigenvalue weighted by Gasteiger charge is 2.33. The summed E-state index contributed by atoms with van der Waals surface area (Å²) in [5.74, 6) is -3.04. The van der Waals surface area contributed by atoms with Crippen LogP contribution in [-0.4, -0.2) is 42.4 Å². The maximum Gasteiger partial charge on any atom is 0.257 e. The lowest BCUT2D eigenvalue weighted by Crippen LogP contribution is -2.51. The molecule has 0 bridgehead atoms. The quantitative estimate of drug-likeness (QED) is 0.854. The highest BCUT2D eigenvalue weighted by molar-refractivity contribution is 5.98. The number of carbonyl (C=O) groups excluding carboxylic acids is 2. The predicted octanol–water partition coefficient (Wildman–Crippen LogP) is 1.53. The molecule has 1 aromatic carbocycles. The van der Waals surface area contributed by atoms with E-state index >= 15 is 0 Å². The summed E-state index contributed by atoms with van der Waals surface area (Å²) in [5.41, 5.74) is 4.96. The topological polar surface area (TPSA) is 75.4 Å². The van der Waals surface area contributed by atoms with E-state index in [1.165, 1.54) is 6.07 Å². The van der Waals surface area contributed by atoms with Crippen molar-refractivity contribution in [3.63, 3.8) is 0 Å². The highest BCUT2D eigenvalue weighted by Crippen LogP contribution is 2.19. The zero-order valence-electron chi connectivity index (χ0n) is 13.9. The number of nitrogens with one attached hydrogen (secondary N) is 1. The lowest BCUT2D eigenvalue weighted by molar-refractivity contribution is -0.133. The molecule has 0 radical (unpaired) electrons. The van der Waals surface area contributed by atoms with Crippen LogP contribution in [0.3, 0.4) is 0 Å². The van der Waals surface area contributed by atoms with Gasteiger partial charge in [-0.15, -0.1) is 0 Å². The van der Waals surface area contributed by atoms with Crippen molar-refractivity contribution in [2.24, 2.45) is 17.6 Å². The molecule has 1 fully saturated rings. The molecule has 2 atom stereocenters. The molecule has 0 aliphatic carbocycles. The minimum Gasteiger partial charge on any atom is -0.341 e. The molecule has 1 aliphatic heterocycles. The van der Waals surface area contributed by atoms with Gasteiger partial charge in [0.25, 0.3) is 5.91 Å². The minimum atomic E-state index is -0.952. The minimum absolute atomic E-state index is 0.215. The van der Waals surface area contributed by atoms with Crippen LogP contribution in [0.5, 0.6) is 0 Å². The molecule has 0 spiro atoms. The van der Waals surface area contributed by atoms with E-state index in [4.69, 9.17) is 5.73 Å². The molecule has 132 valence electrons. The van der Waals surface area contributed by atoms with Crippen LogP contribution in [0, 0.1) is 23.5 Å². The molecule has 24 heavy (non-hydrogen) atoms. The van der Waals surface area contributed by atoms with Gasteiger partial charge in [-0.1, -0.05) is 19.9 Å². The Hall–Kier alpha value is -2.02. The first-order valence-corrected chi connectivity index (χ1v) is 8.08. The molecule has 0 aromatic heterocycles. The van der Waals surface area contributed by atoms with Gasteiger partial charge in [0, 0.05) is 13.1 Å². The average molecular weight is 339 g/mol. The van der Waals surface area contributed by atoms with Gasteiger partial charge < -0.3 is 16.0 Å². The largest absolute Gasteiger partial charge is 0.341 e. The summed E-state index contributed by atoms with van der Waals surface area (Å²) in [6.07, 6.45) is 0.822. The Labute approximate surface area is 140 Å². The van der Waals surface area contributed by atoms with Crippen molar-refractivity contribution >= 4 is 11.8 Å². The van der Waals surface area contributed by atoms with Crippen LogP contribution in [0.15, 0.2) is 18.2 Å². The van der Waals surface area contributed by atoms with E-state index in [9.17, 15) is 18.4 Å². The van der Waals surface area contributed by atoms with Crippen molar-refractivity contribution in [1.29, 1.82) is 0 Å². The third-order valence-electron chi connectivity index (χ3n) is 4.34.